The Morgan fingerprint density at radius 2 is 2.12 bits per heavy atom. The fraction of sp³-hybridized carbons (Fsp3) is 0.364. The molecule has 0 N–H and O–H groups in total. The van der Waals surface area contributed by atoms with Crippen LogP contribution in [0.2, 0.25) is 0 Å². The average Bonchev–Trinajstić information content (AvgIpc) is 2.56. The lowest BCUT2D eigenvalue weighted by molar-refractivity contribution is 0.127. The molecular weight excluding hydrogens is 253 g/mol. The van der Waals surface area contributed by atoms with E-state index in [1.54, 1.807) is 0 Å². The van der Waals surface area contributed by atoms with Gasteiger partial charge in [0.1, 0.15) is 11.6 Å². The highest BCUT2D eigenvalue weighted by atomic mass is 35.5. The molecule has 0 saturated carbocycles. The van der Waals surface area contributed by atoms with Crippen LogP contribution in [0.15, 0.2) is 18.2 Å². The molecule has 0 atom stereocenters. The molecule has 0 bridgehead atoms. The van der Waals surface area contributed by atoms with E-state index in [9.17, 15) is 13.2 Å². The largest absolute Gasteiger partial charge is 0.322 e. The predicted molar refractivity (Wildman–Crippen MR) is 60.1 cm³/mol. The molecule has 0 aliphatic heterocycles. The third-order valence-electron chi connectivity index (χ3n) is 2.43. The van der Waals surface area contributed by atoms with Crippen LogP contribution in [0.4, 0.5) is 13.2 Å². The van der Waals surface area contributed by atoms with Gasteiger partial charge in [-0.25, -0.2) is 18.2 Å². The SMILES string of the molecule is Fc1ccc2c(c1)nc(CCCl)n2CC(F)F. The minimum absolute atomic E-state index is 0.287. The number of benzene rings is 1. The summed E-state index contributed by atoms with van der Waals surface area (Å²) in [6.07, 6.45) is -2.10. The van der Waals surface area contributed by atoms with E-state index in [-0.39, 0.29) is 5.88 Å². The monoisotopic (exact) mass is 262 g/mol. The third kappa shape index (κ3) is 2.54. The summed E-state index contributed by atoms with van der Waals surface area (Å²) >= 11 is 5.59. The maximum Gasteiger partial charge on any atom is 0.256 e. The average molecular weight is 263 g/mol. The number of halogens is 4. The summed E-state index contributed by atoms with van der Waals surface area (Å²) in [6, 6.07) is 3.92. The fourth-order valence-electron chi connectivity index (χ4n) is 1.77. The minimum Gasteiger partial charge on any atom is -0.322 e. The van der Waals surface area contributed by atoms with E-state index >= 15 is 0 Å². The summed E-state index contributed by atoms with van der Waals surface area (Å²) in [5, 5.41) is 0. The van der Waals surface area contributed by atoms with Crippen molar-refractivity contribution in [2.75, 3.05) is 5.88 Å². The Hall–Kier alpha value is -1.23. The van der Waals surface area contributed by atoms with Gasteiger partial charge in [-0.1, -0.05) is 0 Å². The number of nitrogens with zero attached hydrogens (tertiary/aromatic N) is 2. The number of fused-ring (bicyclic) bond motifs is 1. The van der Waals surface area contributed by atoms with E-state index in [1.807, 2.05) is 0 Å². The second kappa shape index (κ2) is 4.96. The van der Waals surface area contributed by atoms with Crippen molar-refractivity contribution in [3.8, 4) is 0 Å². The summed E-state index contributed by atoms with van der Waals surface area (Å²) < 4.78 is 39.3. The van der Waals surface area contributed by atoms with Gasteiger partial charge in [0.2, 0.25) is 0 Å². The van der Waals surface area contributed by atoms with E-state index in [0.29, 0.717) is 23.3 Å². The van der Waals surface area contributed by atoms with Crippen LogP contribution in [0.1, 0.15) is 5.82 Å². The summed E-state index contributed by atoms with van der Waals surface area (Å²) in [7, 11) is 0. The summed E-state index contributed by atoms with van der Waals surface area (Å²) in [5.74, 6) is 0.312. The first-order valence-electron chi connectivity index (χ1n) is 5.10. The van der Waals surface area contributed by atoms with Gasteiger partial charge in [-0.3, -0.25) is 0 Å². The van der Waals surface area contributed by atoms with Gasteiger partial charge < -0.3 is 4.57 Å². The van der Waals surface area contributed by atoms with Gasteiger partial charge in [0.25, 0.3) is 6.43 Å². The van der Waals surface area contributed by atoms with Crippen LogP contribution in [0.3, 0.4) is 0 Å². The number of aryl methyl sites for hydroxylation is 1. The first-order chi connectivity index (χ1) is 8.11. The molecule has 17 heavy (non-hydrogen) atoms. The van der Waals surface area contributed by atoms with Gasteiger partial charge in [0, 0.05) is 18.4 Å². The van der Waals surface area contributed by atoms with Gasteiger partial charge in [-0.05, 0) is 12.1 Å². The lowest BCUT2D eigenvalue weighted by atomic mass is 10.3. The minimum atomic E-state index is -2.48. The van der Waals surface area contributed by atoms with Crippen LogP contribution < -0.4 is 0 Å². The molecule has 0 unspecified atom stereocenters. The maximum atomic E-state index is 13.0. The van der Waals surface area contributed by atoms with Crippen molar-refractivity contribution in [3.63, 3.8) is 0 Å². The second-order valence-electron chi connectivity index (χ2n) is 3.60. The molecular formula is C11H10ClF3N2. The van der Waals surface area contributed by atoms with Gasteiger partial charge in [0.15, 0.2) is 0 Å². The Morgan fingerprint density at radius 1 is 1.35 bits per heavy atom. The highest BCUT2D eigenvalue weighted by molar-refractivity contribution is 6.17. The maximum absolute atomic E-state index is 13.0. The topological polar surface area (TPSA) is 17.8 Å². The number of hydrogen-bond acceptors (Lipinski definition) is 1. The molecule has 0 aliphatic rings. The molecule has 2 rings (SSSR count). The summed E-state index contributed by atoms with van der Waals surface area (Å²) in [6.45, 7) is -0.450. The van der Waals surface area contributed by atoms with E-state index in [1.165, 1.54) is 22.8 Å². The lowest BCUT2D eigenvalue weighted by Gasteiger charge is -2.07. The van der Waals surface area contributed by atoms with Gasteiger partial charge in [-0.15, -0.1) is 11.6 Å². The number of hydrogen-bond donors (Lipinski definition) is 0. The van der Waals surface area contributed by atoms with Gasteiger partial charge in [-0.2, -0.15) is 0 Å². The van der Waals surface area contributed by atoms with Crippen LogP contribution in [-0.4, -0.2) is 21.9 Å². The van der Waals surface area contributed by atoms with Crippen LogP contribution in [0, 0.1) is 5.82 Å². The Balaban J connectivity index is 2.54. The third-order valence-corrected chi connectivity index (χ3v) is 2.62. The Bertz CT molecular complexity index is 525. The first kappa shape index (κ1) is 12.2. The standard InChI is InChI=1S/C11H10ClF3N2/c12-4-3-11-16-8-5-7(13)1-2-9(8)17(11)6-10(14)15/h1-2,5,10H,3-4,6H2. The molecule has 1 heterocycles. The molecule has 0 fully saturated rings. The fourth-order valence-corrected chi connectivity index (χ4v) is 1.94. The molecule has 0 spiro atoms. The van der Waals surface area contributed by atoms with E-state index in [4.69, 9.17) is 11.6 Å². The zero-order chi connectivity index (χ0) is 12.4. The van der Waals surface area contributed by atoms with Crippen molar-refractivity contribution >= 4 is 22.6 Å². The van der Waals surface area contributed by atoms with Crippen molar-refractivity contribution in [3.05, 3.63) is 29.8 Å². The van der Waals surface area contributed by atoms with Crippen molar-refractivity contribution in [1.29, 1.82) is 0 Å². The summed E-state index contributed by atoms with van der Waals surface area (Å²) in [4.78, 5) is 4.12. The van der Waals surface area contributed by atoms with E-state index < -0.39 is 18.8 Å². The first-order valence-corrected chi connectivity index (χ1v) is 5.64. The molecule has 0 saturated heterocycles. The molecule has 0 radical (unpaired) electrons. The van der Waals surface area contributed by atoms with E-state index in [2.05, 4.69) is 4.98 Å². The Morgan fingerprint density at radius 3 is 2.76 bits per heavy atom. The molecule has 1 aromatic carbocycles. The predicted octanol–water partition coefficient (Wildman–Crippen LogP) is 3.22. The van der Waals surface area contributed by atoms with Gasteiger partial charge >= 0.3 is 0 Å². The van der Waals surface area contributed by atoms with Crippen molar-refractivity contribution in [2.45, 2.75) is 19.4 Å². The quantitative estimate of drug-likeness (QED) is 0.774. The van der Waals surface area contributed by atoms with Crippen molar-refractivity contribution in [1.82, 2.24) is 9.55 Å². The van der Waals surface area contributed by atoms with Crippen LogP contribution in [0.25, 0.3) is 11.0 Å². The highest BCUT2D eigenvalue weighted by Gasteiger charge is 2.14. The number of rotatable bonds is 4. The molecule has 2 aromatic rings. The Labute approximate surface area is 101 Å². The molecule has 0 amide bonds. The van der Waals surface area contributed by atoms with Crippen LogP contribution in [-0.2, 0) is 13.0 Å². The van der Waals surface area contributed by atoms with Crippen molar-refractivity contribution in [2.24, 2.45) is 0 Å². The van der Waals surface area contributed by atoms with Gasteiger partial charge in [0.05, 0.1) is 17.6 Å². The number of aromatic nitrogens is 2. The van der Waals surface area contributed by atoms with E-state index in [0.717, 1.165) is 0 Å². The zero-order valence-electron chi connectivity index (χ0n) is 8.84. The second-order valence-corrected chi connectivity index (χ2v) is 3.98. The molecule has 2 nitrogen and oxygen atoms in total. The number of alkyl halides is 3. The Kier molecular flexibility index (Phi) is 3.57. The van der Waals surface area contributed by atoms with Crippen molar-refractivity contribution < 1.29 is 13.2 Å². The molecule has 6 heteroatoms. The summed E-state index contributed by atoms with van der Waals surface area (Å²) in [5.41, 5.74) is 0.887. The molecule has 1 aromatic heterocycles. The smallest absolute Gasteiger partial charge is 0.256 e. The zero-order valence-corrected chi connectivity index (χ0v) is 9.59. The highest BCUT2D eigenvalue weighted by Crippen LogP contribution is 2.19. The normalized spacial score (nSPS) is 11.6. The van der Waals surface area contributed by atoms with Crippen LogP contribution in [0.5, 0.6) is 0 Å². The van der Waals surface area contributed by atoms with Crippen LogP contribution >= 0.6 is 11.6 Å². The number of imidazole rings is 1. The lowest BCUT2D eigenvalue weighted by Crippen LogP contribution is -2.10. The molecule has 92 valence electrons. The molecule has 0 aliphatic carbocycles.